The Bertz CT molecular complexity index is 133. The highest BCUT2D eigenvalue weighted by Gasteiger charge is 2.17. The van der Waals surface area contributed by atoms with Crippen molar-refractivity contribution in [1.82, 2.24) is 10.2 Å². The fraction of sp³-hybridized carbons (Fsp3) is 1.00. The zero-order valence-corrected chi connectivity index (χ0v) is 10.4. The van der Waals surface area contributed by atoms with Gasteiger partial charge in [-0.25, -0.2) is 0 Å². The molecule has 84 valence electrons. The first-order valence-electron chi connectivity index (χ1n) is 5.91. The number of likely N-dealkylation sites (N-methyl/N-ethyl adjacent to an activating group) is 1. The van der Waals surface area contributed by atoms with E-state index >= 15 is 0 Å². The van der Waals surface area contributed by atoms with E-state index in [-0.39, 0.29) is 0 Å². The van der Waals surface area contributed by atoms with E-state index in [0.717, 1.165) is 19.1 Å². The van der Waals surface area contributed by atoms with E-state index in [1.165, 1.54) is 37.4 Å². The van der Waals surface area contributed by atoms with Crippen LogP contribution in [0.15, 0.2) is 0 Å². The minimum Gasteiger partial charge on any atom is -0.315 e. The van der Waals surface area contributed by atoms with Crippen LogP contribution in [0.2, 0.25) is 0 Å². The smallest absolute Gasteiger partial charge is 0.0218 e. The third kappa shape index (κ3) is 4.20. The van der Waals surface area contributed by atoms with Crippen LogP contribution < -0.4 is 5.32 Å². The lowest BCUT2D eigenvalue weighted by atomic mass is 10.2. The molecule has 0 saturated carbocycles. The van der Waals surface area contributed by atoms with Crippen LogP contribution in [0.25, 0.3) is 0 Å². The van der Waals surface area contributed by atoms with Gasteiger partial charge >= 0.3 is 0 Å². The van der Waals surface area contributed by atoms with Gasteiger partial charge in [0.1, 0.15) is 0 Å². The van der Waals surface area contributed by atoms with Gasteiger partial charge in [-0.3, -0.25) is 4.90 Å². The molecule has 1 saturated heterocycles. The summed E-state index contributed by atoms with van der Waals surface area (Å²) in [5, 5.41) is 3.47. The van der Waals surface area contributed by atoms with Gasteiger partial charge in [0.15, 0.2) is 0 Å². The van der Waals surface area contributed by atoms with Gasteiger partial charge in [0.2, 0.25) is 0 Å². The third-order valence-corrected chi connectivity index (χ3v) is 3.92. The van der Waals surface area contributed by atoms with Crippen LogP contribution in [0.1, 0.15) is 26.7 Å². The molecule has 0 aromatic carbocycles. The van der Waals surface area contributed by atoms with Crippen molar-refractivity contribution in [2.24, 2.45) is 0 Å². The van der Waals surface area contributed by atoms with Gasteiger partial charge in [0, 0.05) is 24.9 Å². The van der Waals surface area contributed by atoms with Crippen LogP contribution in [-0.4, -0.2) is 48.6 Å². The third-order valence-electron chi connectivity index (χ3n) is 2.87. The van der Waals surface area contributed by atoms with E-state index in [1.807, 2.05) is 0 Å². The summed E-state index contributed by atoms with van der Waals surface area (Å²) in [7, 11) is 0. The Hall–Kier alpha value is 0.270. The van der Waals surface area contributed by atoms with Crippen LogP contribution in [0, 0.1) is 0 Å². The first-order valence-corrected chi connectivity index (χ1v) is 7.06. The average molecular weight is 216 g/mol. The molecular weight excluding hydrogens is 192 g/mol. The number of nitrogens with zero attached hydrogens (tertiary/aromatic N) is 1. The molecule has 1 heterocycles. The molecule has 0 spiro atoms. The SMILES string of the molecule is CCNCC(CC)N1CCCSCC1. The molecule has 0 aliphatic carbocycles. The highest BCUT2D eigenvalue weighted by atomic mass is 32.2. The summed E-state index contributed by atoms with van der Waals surface area (Å²) in [6.07, 6.45) is 2.64. The number of nitrogens with one attached hydrogen (secondary N) is 1. The predicted molar refractivity (Wildman–Crippen MR) is 66.1 cm³/mol. The van der Waals surface area contributed by atoms with E-state index in [9.17, 15) is 0 Å². The van der Waals surface area contributed by atoms with Gasteiger partial charge in [-0.2, -0.15) is 11.8 Å². The van der Waals surface area contributed by atoms with Crippen molar-refractivity contribution in [3.8, 4) is 0 Å². The number of hydrogen-bond donors (Lipinski definition) is 1. The topological polar surface area (TPSA) is 15.3 Å². The summed E-state index contributed by atoms with van der Waals surface area (Å²) in [6, 6.07) is 0.758. The van der Waals surface area contributed by atoms with Crippen LogP contribution in [-0.2, 0) is 0 Å². The summed E-state index contributed by atoms with van der Waals surface area (Å²) in [6.45, 7) is 9.34. The molecule has 0 bridgehead atoms. The van der Waals surface area contributed by atoms with Crippen molar-refractivity contribution in [3.63, 3.8) is 0 Å². The molecular formula is C11H24N2S. The zero-order chi connectivity index (χ0) is 10.2. The summed E-state index contributed by atoms with van der Waals surface area (Å²) < 4.78 is 0. The van der Waals surface area contributed by atoms with Crippen LogP contribution in [0.4, 0.5) is 0 Å². The van der Waals surface area contributed by atoms with Gasteiger partial charge < -0.3 is 5.32 Å². The van der Waals surface area contributed by atoms with Gasteiger partial charge in [-0.05, 0) is 31.7 Å². The first kappa shape index (κ1) is 12.3. The van der Waals surface area contributed by atoms with Crippen LogP contribution in [0.5, 0.6) is 0 Å². The average Bonchev–Trinajstić information content (AvgIpc) is 2.48. The molecule has 1 aliphatic rings. The number of thioether (sulfide) groups is 1. The van der Waals surface area contributed by atoms with Crippen molar-refractivity contribution in [2.75, 3.05) is 37.7 Å². The van der Waals surface area contributed by atoms with Crippen molar-refractivity contribution in [1.29, 1.82) is 0 Å². The molecule has 1 aliphatic heterocycles. The molecule has 0 amide bonds. The van der Waals surface area contributed by atoms with Crippen molar-refractivity contribution in [3.05, 3.63) is 0 Å². The number of hydrogen-bond acceptors (Lipinski definition) is 3. The second kappa shape index (κ2) is 7.55. The fourth-order valence-corrected chi connectivity index (χ4v) is 2.87. The Balaban J connectivity index is 2.32. The van der Waals surface area contributed by atoms with Gasteiger partial charge in [0.25, 0.3) is 0 Å². The maximum atomic E-state index is 3.47. The number of rotatable bonds is 5. The van der Waals surface area contributed by atoms with E-state index in [0.29, 0.717) is 0 Å². The van der Waals surface area contributed by atoms with Gasteiger partial charge in [-0.1, -0.05) is 13.8 Å². The lowest BCUT2D eigenvalue weighted by Gasteiger charge is -2.29. The Kier molecular flexibility index (Phi) is 6.65. The predicted octanol–water partition coefficient (Wildman–Crippen LogP) is 1.81. The van der Waals surface area contributed by atoms with E-state index < -0.39 is 0 Å². The molecule has 0 aromatic rings. The van der Waals surface area contributed by atoms with Crippen molar-refractivity contribution in [2.45, 2.75) is 32.7 Å². The Morgan fingerprint density at radius 2 is 2.14 bits per heavy atom. The molecule has 1 fully saturated rings. The second-order valence-corrected chi connectivity index (χ2v) is 5.10. The second-order valence-electron chi connectivity index (χ2n) is 3.87. The summed E-state index contributed by atoms with van der Waals surface area (Å²) in [5.41, 5.74) is 0. The molecule has 1 rings (SSSR count). The summed E-state index contributed by atoms with van der Waals surface area (Å²) >= 11 is 2.11. The largest absolute Gasteiger partial charge is 0.315 e. The highest BCUT2D eigenvalue weighted by molar-refractivity contribution is 7.99. The minimum absolute atomic E-state index is 0.758. The molecule has 14 heavy (non-hydrogen) atoms. The van der Waals surface area contributed by atoms with Gasteiger partial charge in [-0.15, -0.1) is 0 Å². The Labute approximate surface area is 92.8 Å². The highest BCUT2D eigenvalue weighted by Crippen LogP contribution is 2.13. The first-order chi connectivity index (χ1) is 6.88. The molecule has 1 N–H and O–H groups in total. The molecule has 2 nitrogen and oxygen atoms in total. The van der Waals surface area contributed by atoms with Crippen LogP contribution in [0.3, 0.4) is 0 Å². The van der Waals surface area contributed by atoms with E-state index in [2.05, 4.69) is 35.8 Å². The molecule has 0 aromatic heterocycles. The summed E-state index contributed by atoms with van der Waals surface area (Å²) in [4.78, 5) is 2.67. The van der Waals surface area contributed by atoms with Crippen LogP contribution >= 0.6 is 11.8 Å². The van der Waals surface area contributed by atoms with Crippen molar-refractivity contribution >= 4 is 11.8 Å². The molecule has 1 atom stereocenters. The fourth-order valence-electron chi connectivity index (χ4n) is 1.97. The lowest BCUT2D eigenvalue weighted by molar-refractivity contribution is 0.201. The van der Waals surface area contributed by atoms with E-state index in [4.69, 9.17) is 0 Å². The molecule has 3 heteroatoms. The van der Waals surface area contributed by atoms with Gasteiger partial charge in [0.05, 0.1) is 0 Å². The monoisotopic (exact) mass is 216 g/mol. The lowest BCUT2D eigenvalue weighted by Crippen LogP contribution is -2.43. The normalized spacial score (nSPS) is 21.9. The maximum Gasteiger partial charge on any atom is 0.0218 e. The Morgan fingerprint density at radius 1 is 1.29 bits per heavy atom. The minimum atomic E-state index is 0.758. The zero-order valence-electron chi connectivity index (χ0n) is 9.59. The summed E-state index contributed by atoms with van der Waals surface area (Å²) in [5.74, 6) is 2.68. The Morgan fingerprint density at radius 3 is 2.86 bits per heavy atom. The maximum absolute atomic E-state index is 3.47. The van der Waals surface area contributed by atoms with E-state index in [1.54, 1.807) is 0 Å². The molecule has 1 unspecified atom stereocenters. The molecule has 0 radical (unpaired) electrons. The quantitative estimate of drug-likeness (QED) is 0.754. The van der Waals surface area contributed by atoms with Crippen molar-refractivity contribution < 1.29 is 0 Å². The standard InChI is InChI=1S/C11H24N2S/c1-3-11(10-12-4-2)13-6-5-8-14-9-7-13/h11-12H,3-10H2,1-2H3.